The van der Waals surface area contributed by atoms with E-state index in [4.69, 9.17) is 0 Å². The lowest BCUT2D eigenvalue weighted by Crippen LogP contribution is -2.15. The second kappa shape index (κ2) is 3.78. The molecule has 1 aromatic carbocycles. The van der Waals surface area contributed by atoms with E-state index in [0.717, 1.165) is 22.9 Å². The van der Waals surface area contributed by atoms with Gasteiger partial charge in [-0.2, -0.15) is 0 Å². The van der Waals surface area contributed by atoms with E-state index in [-0.39, 0.29) is 0 Å². The number of para-hydroxylation sites is 1. The lowest BCUT2D eigenvalue weighted by molar-refractivity contribution is 0.0938. The summed E-state index contributed by atoms with van der Waals surface area (Å²) in [6.07, 6.45) is 6.33. The monoisotopic (exact) mass is 213 g/mol. The van der Waals surface area contributed by atoms with Crippen LogP contribution in [0, 0.1) is 5.92 Å². The maximum atomic E-state index is 12.1. The van der Waals surface area contributed by atoms with Gasteiger partial charge in [-0.25, -0.2) is 0 Å². The highest BCUT2D eigenvalue weighted by Gasteiger charge is 2.22. The minimum atomic E-state index is 0.294. The number of rotatable bonds is 3. The topological polar surface area (TPSA) is 32.9 Å². The van der Waals surface area contributed by atoms with Crippen molar-refractivity contribution in [3.63, 3.8) is 0 Å². The van der Waals surface area contributed by atoms with Gasteiger partial charge >= 0.3 is 0 Å². The van der Waals surface area contributed by atoms with Gasteiger partial charge in [0.25, 0.3) is 0 Å². The van der Waals surface area contributed by atoms with Crippen LogP contribution in [0.15, 0.2) is 30.5 Å². The molecular weight excluding hydrogens is 198 g/mol. The Balaban J connectivity index is 1.89. The molecule has 0 bridgehead atoms. The summed E-state index contributed by atoms with van der Waals surface area (Å²) in [5.41, 5.74) is 1.92. The number of carbonyl (C=O) groups is 1. The minimum absolute atomic E-state index is 0.294. The van der Waals surface area contributed by atoms with E-state index < -0.39 is 0 Å². The molecule has 1 aliphatic rings. The van der Waals surface area contributed by atoms with Gasteiger partial charge < -0.3 is 4.98 Å². The zero-order valence-electron chi connectivity index (χ0n) is 9.20. The second-order valence-electron chi connectivity index (χ2n) is 4.67. The highest BCUT2D eigenvalue weighted by atomic mass is 16.1. The molecule has 3 rings (SSSR count). The van der Waals surface area contributed by atoms with Crippen LogP contribution < -0.4 is 0 Å². The van der Waals surface area contributed by atoms with Crippen molar-refractivity contribution in [2.24, 2.45) is 5.92 Å². The highest BCUT2D eigenvalue weighted by Crippen LogP contribution is 2.31. The number of hydrogen-bond donors (Lipinski definition) is 1. The number of hydrogen-bond acceptors (Lipinski definition) is 1. The van der Waals surface area contributed by atoms with Crippen LogP contribution in [0.4, 0.5) is 0 Å². The summed E-state index contributed by atoms with van der Waals surface area (Å²) >= 11 is 0. The van der Waals surface area contributed by atoms with Crippen molar-refractivity contribution < 1.29 is 4.79 Å². The van der Waals surface area contributed by atoms with Crippen molar-refractivity contribution in [1.82, 2.24) is 4.98 Å². The zero-order valence-corrected chi connectivity index (χ0v) is 9.20. The average Bonchev–Trinajstić information content (AvgIpc) is 2.67. The molecule has 0 saturated heterocycles. The molecule has 1 saturated carbocycles. The first-order valence-electron chi connectivity index (χ1n) is 5.94. The van der Waals surface area contributed by atoms with Crippen LogP contribution in [0.2, 0.25) is 0 Å². The number of nitrogens with one attached hydrogen (secondary N) is 1. The summed E-state index contributed by atoms with van der Waals surface area (Å²) in [5.74, 6) is 0.934. The average molecular weight is 213 g/mol. The zero-order chi connectivity index (χ0) is 11.0. The first-order chi connectivity index (χ1) is 7.84. The molecule has 0 aliphatic heterocycles. The molecule has 0 radical (unpaired) electrons. The molecule has 1 fully saturated rings. The third-order valence-electron chi connectivity index (χ3n) is 3.59. The molecule has 1 N–H and O–H groups in total. The van der Waals surface area contributed by atoms with Gasteiger partial charge in [-0.3, -0.25) is 4.79 Å². The van der Waals surface area contributed by atoms with E-state index in [1.165, 1.54) is 19.3 Å². The smallest absolute Gasteiger partial charge is 0.165 e. The fraction of sp³-hybridized carbons (Fsp3) is 0.357. The Morgan fingerprint density at radius 2 is 2.12 bits per heavy atom. The van der Waals surface area contributed by atoms with E-state index >= 15 is 0 Å². The molecule has 1 aliphatic carbocycles. The van der Waals surface area contributed by atoms with Crippen molar-refractivity contribution in [1.29, 1.82) is 0 Å². The van der Waals surface area contributed by atoms with Crippen molar-refractivity contribution in [3.05, 3.63) is 36.0 Å². The standard InChI is InChI=1S/C14H15NO/c16-14(8-10-4-3-5-10)12-9-15-13-7-2-1-6-11(12)13/h1-2,6-7,9-10,15H,3-5,8H2. The number of aromatic nitrogens is 1. The maximum absolute atomic E-state index is 12.1. The van der Waals surface area contributed by atoms with Crippen LogP contribution in [0.1, 0.15) is 36.0 Å². The van der Waals surface area contributed by atoms with E-state index in [1.807, 2.05) is 30.5 Å². The summed E-state index contributed by atoms with van der Waals surface area (Å²) in [6.45, 7) is 0. The Labute approximate surface area is 94.7 Å². The van der Waals surface area contributed by atoms with Gasteiger partial charge in [-0.1, -0.05) is 37.5 Å². The van der Waals surface area contributed by atoms with Crippen LogP contribution in [0.3, 0.4) is 0 Å². The van der Waals surface area contributed by atoms with Gasteiger partial charge in [-0.15, -0.1) is 0 Å². The molecule has 82 valence electrons. The summed E-state index contributed by atoms with van der Waals surface area (Å²) in [4.78, 5) is 15.3. The third-order valence-corrected chi connectivity index (χ3v) is 3.59. The largest absolute Gasteiger partial charge is 0.360 e. The van der Waals surface area contributed by atoms with Gasteiger partial charge in [0.05, 0.1) is 0 Å². The van der Waals surface area contributed by atoms with Crippen molar-refractivity contribution in [3.8, 4) is 0 Å². The Morgan fingerprint density at radius 1 is 1.31 bits per heavy atom. The predicted octanol–water partition coefficient (Wildman–Crippen LogP) is 3.54. The fourth-order valence-electron chi connectivity index (χ4n) is 2.37. The molecular formula is C14H15NO. The fourth-order valence-corrected chi connectivity index (χ4v) is 2.37. The molecule has 16 heavy (non-hydrogen) atoms. The normalized spacial score (nSPS) is 16.2. The Kier molecular flexibility index (Phi) is 2.28. The Hall–Kier alpha value is -1.57. The first kappa shape index (κ1) is 9.64. The number of fused-ring (bicyclic) bond motifs is 1. The van der Waals surface area contributed by atoms with Gasteiger partial charge in [0.15, 0.2) is 5.78 Å². The molecule has 1 aromatic heterocycles. The van der Waals surface area contributed by atoms with Gasteiger partial charge in [0.2, 0.25) is 0 Å². The molecule has 2 heteroatoms. The molecule has 0 spiro atoms. The summed E-state index contributed by atoms with van der Waals surface area (Å²) in [6, 6.07) is 7.99. The first-order valence-corrected chi connectivity index (χ1v) is 5.94. The Morgan fingerprint density at radius 3 is 2.88 bits per heavy atom. The van der Waals surface area contributed by atoms with E-state index in [9.17, 15) is 4.79 Å². The number of aromatic amines is 1. The molecule has 1 heterocycles. The number of benzene rings is 1. The summed E-state index contributed by atoms with van der Waals surface area (Å²) in [7, 11) is 0. The predicted molar refractivity (Wildman–Crippen MR) is 64.6 cm³/mol. The summed E-state index contributed by atoms with van der Waals surface area (Å²) < 4.78 is 0. The van der Waals surface area contributed by atoms with E-state index in [0.29, 0.717) is 11.7 Å². The number of Topliss-reactive ketones (excluding diaryl/α,β-unsaturated/α-hetero) is 1. The minimum Gasteiger partial charge on any atom is -0.360 e. The number of H-pyrrole nitrogens is 1. The van der Waals surface area contributed by atoms with Gasteiger partial charge in [-0.05, 0) is 12.0 Å². The molecule has 2 aromatic rings. The van der Waals surface area contributed by atoms with Crippen LogP contribution in [0.5, 0.6) is 0 Å². The van der Waals surface area contributed by atoms with Crippen LogP contribution in [0.25, 0.3) is 10.9 Å². The lowest BCUT2D eigenvalue weighted by Gasteiger charge is -2.24. The Bertz CT molecular complexity index is 522. The van der Waals surface area contributed by atoms with Gasteiger partial charge in [0, 0.05) is 29.1 Å². The van der Waals surface area contributed by atoms with E-state index in [1.54, 1.807) is 0 Å². The number of ketones is 1. The lowest BCUT2D eigenvalue weighted by atomic mass is 9.81. The molecule has 0 amide bonds. The number of carbonyl (C=O) groups excluding carboxylic acids is 1. The SMILES string of the molecule is O=C(CC1CCC1)c1c[nH]c2ccccc12. The van der Waals surface area contributed by atoms with Crippen LogP contribution in [-0.4, -0.2) is 10.8 Å². The van der Waals surface area contributed by atoms with E-state index in [2.05, 4.69) is 4.98 Å². The molecule has 0 atom stereocenters. The second-order valence-corrected chi connectivity index (χ2v) is 4.67. The van der Waals surface area contributed by atoms with Crippen molar-refractivity contribution >= 4 is 16.7 Å². The molecule has 0 unspecified atom stereocenters. The van der Waals surface area contributed by atoms with Gasteiger partial charge in [0.1, 0.15) is 0 Å². The third kappa shape index (κ3) is 1.54. The quantitative estimate of drug-likeness (QED) is 0.777. The van der Waals surface area contributed by atoms with Crippen LogP contribution >= 0.6 is 0 Å². The summed E-state index contributed by atoms with van der Waals surface area (Å²) in [5, 5.41) is 1.06. The van der Waals surface area contributed by atoms with Crippen molar-refractivity contribution in [2.45, 2.75) is 25.7 Å². The maximum Gasteiger partial charge on any atom is 0.165 e. The molecule has 2 nitrogen and oxygen atoms in total. The highest BCUT2D eigenvalue weighted by molar-refractivity contribution is 6.07. The van der Waals surface area contributed by atoms with Crippen molar-refractivity contribution in [2.75, 3.05) is 0 Å². The van der Waals surface area contributed by atoms with Crippen LogP contribution in [-0.2, 0) is 0 Å².